The van der Waals surface area contributed by atoms with E-state index in [0.717, 1.165) is 57.9 Å². The molecule has 3 heterocycles. The second-order valence-electron chi connectivity index (χ2n) is 7.40. The van der Waals surface area contributed by atoms with Gasteiger partial charge in [-0.3, -0.25) is 14.7 Å². The fourth-order valence-corrected chi connectivity index (χ4v) is 3.72. The predicted molar refractivity (Wildman–Crippen MR) is 106 cm³/mol. The zero-order valence-corrected chi connectivity index (χ0v) is 16.1. The number of piperazine rings is 1. The maximum Gasteiger partial charge on any atom is 0.254 e. The number of carbonyl (C=O) groups is 1. The summed E-state index contributed by atoms with van der Waals surface area (Å²) in [5.41, 5.74) is 1.94. The Bertz CT molecular complexity index is 770. The van der Waals surface area contributed by atoms with Crippen molar-refractivity contribution in [1.29, 1.82) is 0 Å². The molecule has 4 rings (SSSR count). The third kappa shape index (κ3) is 4.88. The van der Waals surface area contributed by atoms with Crippen molar-refractivity contribution in [3.8, 4) is 5.75 Å². The largest absolute Gasteiger partial charge is 0.491 e. The van der Waals surface area contributed by atoms with Crippen LogP contribution in [0.4, 0.5) is 0 Å². The summed E-state index contributed by atoms with van der Waals surface area (Å²) in [6, 6.07) is 11.6. The van der Waals surface area contributed by atoms with E-state index in [2.05, 4.69) is 9.88 Å². The molecule has 6 nitrogen and oxygen atoms in total. The number of carbonyl (C=O) groups excluding carboxylic acids is 1. The third-order valence-electron chi connectivity index (χ3n) is 5.36. The minimum absolute atomic E-state index is 0.0751. The molecular formula is C22H27N3O3. The van der Waals surface area contributed by atoms with E-state index in [1.165, 1.54) is 5.56 Å². The molecule has 0 radical (unpaired) electrons. The Hall–Kier alpha value is -2.44. The molecule has 1 aromatic heterocycles. The Balaban J connectivity index is 1.29. The molecule has 2 fully saturated rings. The van der Waals surface area contributed by atoms with E-state index in [9.17, 15) is 4.79 Å². The lowest BCUT2D eigenvalue weighted by Crippen LogP contribution is -2.48. The Labute approximate surface area is 166 Å². The van der Waals surface area contributed by atoms with Gasteiger partial charge in [-0.2, -0.15) is 0 Å². The molecule has 0 bridgehead atoms. The van der Waals surface area contributed by atoms with Crippen LogP contribution in [0.15, 0.2) is 48.8 Å². The lowest BCUT2D eigenvalue weighted by atomic mass is 10.1. The molecule has 1 aromatic carbocycles. The van der Waals surface area contributed by atoms with Crippen LogP contribution in [-0.2, 0) is 11.3 Å². The van der Waals surface area contributed by atoms with Crippen LogP contribution >= 0.6 is 0 Å². The minimum Gasteiger partial charge on any atom is -0.491 e. The first kappa shape index (κ1) is 18.9. The zero-order valence-electron chi connectivity index (χ0n) is 16.1. The highest BCUT2D eigenvalue weighted by atomic mass is 16.5. The van der Waals surface area contributed by atoms with Gasteiger partial charge in [0.05, 0.1) is 6.10 Å². The molecule has 28 heavy (non-hydrogen) atoms. The van der Waals surface area contributed by atoms with E-state index < -0.39 is 0 Å². The lowest BCUT2D eigenvalue weighted by Gasteiger charge is -2.34. The van der Waals surface area contributed by atoms with Crippen LogP contribution in [0.1, 0.15) is 28.8 Å². The summed E-state index contributed by atoms with van der Waals surface area (Å²) in [5.74, 6) is 0.809. The molecule has 1 atom stereocenters. The van der Waals surface area contributed by atoms with Gasteiger partial charge in [-0.15, -0.1) is 0 Å². The highest BCUT2D eigenvalue weighted by Gasteiger charge is 2.23. The third-order valence-corrected chi connectivity index (χ3v) is 5.36. The summed E-state index contributed by atoms with van der Waals surface area (Å²) in [5, 5.41) is 0. The fourth-order valence-electron chi connectivity index (χ4n) is 3.72. The normalized spacial score (nSPS) is 20.3. The Morgan fingerprint density at radius 2 is 1.96 bits per heavy atom. The van der Waals surface area contributed by atoms with Crippen molar-refractivity contribution in [2.75, 3.05) is 39.4 Å². The van der Waals surface area contributed by atoms with Crippen LogP contribution in [0, 0.1) is 0 Å². The van der Waals surface area contributed by atoms with Crippen molar-refractivity contribution in [2.24, 2.45) is 0 Å². The quantitative estimate of drug-likeness (QED) is 0.770. The molecule has 1 unspecified atom stereocenters. The molecule has 148 valence electrons. The van der Waals surface area contributed by atoms with Crippen LogP contribution < -0.4 is 4.74 Å². The topological polar surface area (TPSA) is 54.9 Å². The van der Waals surface area contributed by atoms with Crippen molar-refractivity contribution in [2.45, 2.75) is 25.5 Å². The average Bonchev–Trinajstić information content (AvgIpc) is 3.27. The van der Waals surface area contributed by atoms with Gasteiger partial charge in [0.1, 0.15) is 12.4 Å². The van der Waals surface area contributed by atoms with Crippen LogP contribution in [0.3, 0.4) is 0 Å². The lowest BCUT2D eigenvalue weighted by molar-refractivity contribution is 0.0625. The summed E-state index contributed by atoms with van der Waals surface area (Å²) in [6.07, 6.45) is 5.96. The molecule has 2 saturated heterocycles. The van der Waals surface area contributed by atoms with Crippen molar-refractivity contribution >= 4 is 5.91 Å². The minimum atomic E-state index is 0.0751. The van der Waals surface area contributed by atoms with Crippen molar-refractivity contribution < 1.29 is 14.3 Å². The molecule has 6 heteroatoms. The monoisotopic (exact) mass is 381 g/mol. The van der Waals surface area contributed by atoms with E-state index in [4.69, 9.17) is 9.47 Å². The molecule has 0 aliphatic carbocycles. The van der Waals surface area contributed by atoms with Gasteiger partial charge in [0.25, 0.3) is 5.91 Å². The maximum atomic E-state index is 12.9. The van der Waals surface area contributed by atoms with Gasteiger partial charge in [-0.25, -0.2) is 0 Å². The molecular weight excluding hydrogens is 354 g/mol. The number of benzene rings is 1. The first-order chi connectivity index (χ1) is 13.8. The average molecular weight is 381 g/mol. The number of nitrogens with zero attached hydrogens (tertiary/aromatic N) is 3. The van der Waals surface area contributed by atoms with Crippen molar-refractivity contribution in [1.82, 2.24) is 14.8 Å². The van der Waals surface area contributed by atoms with Gasteiger partial charge in [-0.1, -0.05) is 6.07 Å². The van der Waals surface area contributed by atoms with Crippen molar-refractivity contribution in [3.63, 3.8) is 0 Å². The zero-order chi connectivity index (χ0) is 19.2. The predicted octanol–water partition coefficient (Wildman–Crippen LogP) is 2.60. The van der Waals surface area contributed by atoms with Gasteiger partial charge in [0, 0.05) is 57.3 Å². The van der Waals surface area contributed by atoms with Gasteiger partial charge in [0.2, 0.25) is 0 Å². The van der Waals surface area contributed by atoms with Crippen molar-refractivity contribution in [3.05, 3.63) is 59.9 Å². The van der Waals surface area contributed by atoms with Gasteiger partial charge in [-0.05, 0) is 48.7 Å². The number of amides is 1. The van der Waals surface area contributed by atoms with Gasteiger partial charge >= 0.3 is 0 Å². The number of ether oxygens (including phenoxy) is 2. The molecule has 0 spiro atoms. The second kappa shape index (κ2) is 9.17. The van der Waals surface area contributed by atoms with Crippen LogP contribution in [0.5, 0.6) is 5.75 Å². The molecule has 1 amide bonds. The SMILES string of the molecule is O=C(c1cccc(OCC2CCCO2)c1)N1CCN(Cc2ccncc2)CC1. The number of pyridine rings is 1. The smallest absolute Gasteiger partial charge is 0.254 e. The van der Waals surface area contributed by atoms with E-state index in [-0.39, 0.29) is 12.0 Å². The summed E-state index contributed by atoms with van der Waals surface area (Å²) >= 11 is 0. The van der Waals surface area contributed by atoms with Crippen LogP contribution in [-0.4, -0.2) is 66.2 Å². The number of hydrogen-bond donors (Lipinski definition) is 0. The summed E-state index contributed by atoms with van der Waals surface area (Å²) in [7, 11) is 0. The van der Waals surface area contributed by atoms with E-state index in [1.54, 1.807) is 0 Å². The van der Waals surface area contributed by atoms with E-state index in [0.29, 0.717) is 12.2 Å². The number of hydrogen-bond acceptors (Lipinski definition) is 5. The first-order valence-electron chi connectivity index (χ1n) is 10.0. The Kier molecular flexibility index (Phi) is 6.19. The second-order valence-corrected chi connectivity index (χ2v) is 7.40. The molecule has 2 aliphatic rings. The number of rotatable bonds is 6. The van der Waals surface area contributed by atoms with Crippen LogP contribution in [0.2, 0.25) is 0 Å². The van der Waals surface area contributed by atoms with Gasteiger partial charge < -0.3 is 14.4 Å². The highest BCUT2D eigenvalue weighted by molar-refractivity contribution is 5.94. The molecule has 2 aliphatic heterocycles. The highest BCUT2D eigenvalue weighted by Crippen LogP contribution is 2.19. The Morgan fingerprint density at radius 3 is 2.71 bits per heavy atom. The fraction of sp³-hybridized carbons (Fsp3) is 0.455. The molecule has 0 N–H and O–H groups in total. The van der Waals surface area contributed by atoms with E-state index in [1.807, 2.05) is 53.7 Å². The first-order valence-corrected chi connectivity index (χ1v) is 10.0. The van der Waals surface area contributed by atoms with Gasteiger partial charge in [0.15, 0.2) is 0 Å². The summed E-state index contributed by atoms with van der Waals surface area (Å²) < 4.78 is 11.4. The maximum absolute atomic E-state index is 12.9. The standard InChI is InChI=1S/C22H27N3O3/c26-22(19-3-1-4-20(15-19)28-17-21-5-2-14-27-21)25-12-10-24(11-13-25)16-18-6-8-23-9-7-18/h1,3-4,6-9,15,21H,2,5,10-14,16-17H2. The molecule has 2 aromatic rings. The number of aromatic nitrogens is 1. The molecule has 0 saturated carbocycles. The summed E-state index contributed by atoms with van der Waals surface area (Å²) in [4.78, 5) is 21.3. The Morgan fingerprint density at radius 1 is 1.14 bits per heavy atom. The van der Waals surface area contributed by atoms with Crippen LogP contribution in [0.25, 0.3) is 0 Å². The van der Waals surface area contributed by atoms with E-state index >= 15 is 0 Å². The summed E-state index contributed by atoms with van der Waals surface area (Å²) in [6.45, 7) is 5.50.